The lowest BCUT2D eigenvalue weighted by Gasteiger charge is -2.10. The molecule has 4 heteroatoms. The summed E-state index contributed by atoms with van der Waals surface area (Å²) in [4.78, 5) is 4.39. The van der Waals surface area contributed by atoms with Gasteiger partial charge in [-0.25, -0.2) is 4.99 Å². The van der Waals surface area contributed by atoms with E-state index in [9.17, 15) is 0 Å². The number of nitrogens with zero attached hydrogens (tertiary/aromatic N) is 1. The van der Waals surface area contributed by atoms with Gasteiger partial charge in [-0.3, -0.25) is 0 Å². The molecule has 0 heterocycles. The van der Waals surface area contributed by atoms with Gasteiger partial charge in [-0.15, -0.1) is 0 Å². The fraction of sp³-hybridized carbons (Fsp3) is 0.500. The van der Waals surface area contributed by atoms with Gasteiger partial charge in [0, 0.05) is 5.69 Å². The Balaban J connectivity index is 1.91. The van der Waals surface area contributed by atoms with Gasteiger partial charge in [0.15, 0.2) is 5.96 Å². The molecule has 0 saturated heterocycles. The highest BCUT2D eigenvalue weighted by Crippen LogP contribution is 2.32. The van der Waals surface area contributed by atoms with Crippen LogP contribution in [-0.2, 0) is 0 Å². The van der Waals surface area contributed by atoms with Gasteiger partial charge in [0.1, 0.15) is 5.75 Å². The molecule has 0 bridgehead atoms. The number of anilines is 1. The number of guanidine groups is 1. The molecule has 1 aromatic rings. The van der Waals surface area contributed by atoms with Crippen molar-refractivity contribution >= 4 is 11.6 Å². The molecule has 1 aliphatic carbocycles. The van der Waals surface area contributed by atoms with Gasteiger partial charge in [0.25, 0.3) is 0 Å². The lowest BCUT2D eigenvalue weighted by atomic mass is 10.3. The third kappa shape index (κ3) is 3.65. The highest BCUT2D eigenvalue weighted by molar-refractivity contribution is 5.92. The molecule has 0 aliphatic heterocycles. The Labute approximate surface area is 108 Å². The molecule has 0 amide bonds. The predicted molar refractivity (Wildman–Crippen MR) is 75.0 cm³/mol. The third-order valence-corrected chi connectivity index (χ3v) is 2.87. The number of hydrogen-bond acceptors (Lipinski definition) is 2. The largest absolute Gasteiger partial charge is 0.491 e. The number of nitrogens with one attached hydrogen (secondary N) is 1. The van der Waals surface area contributed by atoms with Crippen LogP contribution < -0.4 is 15.8 Å². The summed E-state index contributed by atoms with van der Waals surface area (Å²) in [5.74, 6) is 2.02. The Kier molecular flexibility index (Phi) is 3.75. The summed E-state index contributed by atoms with van der Waals surface area (Å²) in [6.45, 7) is 6.20. The van der Waals surface area contributed by atoms with Crippen LogP contribution >= 0.6 is 0 Å². The average molecular weight is 247 g/mol. The van der Waals surface area contributed by atoms with Gasteiger partial charge in [0.05, 0.1) is 12.1 Å². The summed E-state index contributed by atoms with van der Waals surface area (Å²) in [6.07, 6.45) is 1.33. The number of benzene rings is 1. The van der Waals surface area contributed by atoms with Crippen molar-refractivity contribution in [2.24, 2.45) is 16.6 Å². The normalized spacial score (nSPS) is 23.0. The Hall–Kier alpha value is -1.71. The number of rotatable bonds is 4. The van der Waals surface area contributed by atoms with Crippen LogP contribution in [0.2, 0.25) is 0 Å². The second kappa shape index (κ2) is 5.29. The van der Waals surface area contributed by atoms with Crippen LogP contribution in [0.15, 0.2) is 29.3 Å². The van der Waals surface area contributed by atoms with E-state index >= 15 is 0 Å². The Morgan fingerprint density at radius 3 is 2.50 bits per heavy atom. The second-order valence-corrected chi connectivity index (χ2v) is 5.11. The molecule has 0 spiro atoms. The second-order valence-electron chi connectivity index (χ2n) is 5.11. The van der Waals surface area contributed by atoms with E-state index in [1.54, 1.807) is 0 Å². The lowest BCUT2D eigenvalue weighted by molar-refractivity contribution is 0.242. The van der Waals surface area contributed by atoms with E-state index in [1.165, 1.54) is 0 Å². The molecular weight excluding hydrogens is 226 g/mol. The van der Waals surface area contributed by atoms with Crippen molar-refractivity contribution in [1.29, 1.82) is 0 Å². The van der Waals surface area contributed by atoms with E-state index in [0.717, 1.165) is 17.9 Å². The minimum atomic E-state index is 0.187. The maximum absolute atomic E-state index is 5.84. The molecule has 2 rings (SSSR count). The molecule has 4 nitrogen and oxygen atoms in total. The molecule has 1 saturated carbocycles. The van der Waals surface area contributed by atoms with Gasteiger partial charge in [-0.05, 0) is 50.5 Å². The fourth-order valence-corrected chi connectivity index (χ4v) is 1.73. The molecule has 1 aliphatic rings. The maximum atomic E-state index is 5.84. The van der Waals surface area contributed by atoms with Crippen molar-refractivity contribution in [1.82, 2.24) is 0 Å². The molecule has 2 atom stereocenters. The number of nitrogens with two attached hydrogens (primary N) is 1. The van der Waals surface area contributed by atoms with Gasteiger partial charge in [0.2, 0.25) is 0 Å². The summed E-state index contributed by atoms with van der Waals surface area (Å²) < 4.78 is 5.57. The standard InChI is InChI=1S/C14H21N3O/c1-9(2)18-12-6-4-11(5-7-12)16-14(15)17-13-8-10(13)3/h4-7,9-10,13H,8H2,1-3H3,(H3,15,16,17)/t10-,13-/m0/s1. The van der Waals surface area contributed by atoms with Crippen molar-refractivity contribution in [3.05, 3.63) is 24.3 Å². The summed E-state index contributed by atoms with van der Waals surface area (Å²) in [5.41, 5.74) is 6.77. The molecule has 1 aromatic carbocycles. The SMILES string of the molecule is CC(C)Oc1ccc(NC(N)=N[C@H]2C[C@@H]2C)cc1. The van der Waals surface area contributed by atoms with Crippen molar-refractivity contribution in [3.63, 3.8) is 0 Å². The van der Waals surface area contributed by atoms with Gasteiger partial charge < -0.3 is 15.8 Å². The van der Waals surface area contributed by atoms with Gasteiger partial charge >= 0.3 is 0 Å². The molecule has 18 heavy (non-hydrogen) atoms. The number of aliphatic imine (C=N–C) groups is 1. The molecule has 3 N–H and O–H groups in total. The van der Waals surface area contributed by atoms with E-state index in [2.05, 4.69) is 17.2 Å². The van der Waals surface area contributed by atoms with E-state index in [-0.39, 0.29) is 6.10 Å². The molecular formula is C14H21N3O. The average Bonchev–Trinajstić information content (AvgIpc) is 2.96. The fourth-order valence-electron chi connectivity index (χ4n) is 1.73. The van der Waals surface area contributed by atoms with Crippen LogP contribution in [0.25, 0.3) is 0 Å². The maximum Gasteiger partial charge on any atom is 0.193 e. The van der Waals surface area contributed by atoms with Crippen LogP contribution in [0.3, 0.4) is 0 Å². The number of hydrogen-bond donors (Lipinski definition) is 2. The zero-order valence-electron chi connectivity index (χ0n) is 11.2. The van der Waals surface area contributed by atoms with Crippen molar-refractivity contribution < 1.29 is 4.74 Å². The van der Waals surface area contributed by atoms with Crippen LogP contribution in [0.5, 0.6) is 5.75 Å². The van der Waals surface area contributed by atoms with E-state index in [0.29, 0.717) is 17.9 Å². The zero-order chi connectivity index (χ0) is 13.1. The Morgan fingerprint density at radius 2 is 2.00 bits per heavy atom. The zero-order valence-corrected chi connectivity index (χ0v) is 11.2. The first-order valence-electron chi connectivity index (χ1n) is 6.41. The summed E-state index contributed by atoms with van der Waals surface area (Å²) in [7, 11) is 0. The van der Waals surface area contributed by atoms with E-state index in [1.807, 2.05) is 38.1 Å². The van der Waals surface area contributed by atoms with Crippen LogP contribution in [0, 0.1) is 5.92 Å². The molecule has 0 unspecified atom stereocenters. The predicted octanol–water partition coefficient (Wildman–Crippen LogP) is 2.61. The lowest BCUT2D eigenvalue weighted by Crippen LogP contribution is -2.23. The third-order valence-electron chi connectivity index (χ3n) is 2.87. The summed E-state index contributed by atoms with van der Waals surface area (Å²) in [5, 5.41) is 3.09. The first-order valence-corrected chi connectivity index (χ1v) is 6.41. The molecule has 1 fully saturated rings. The smallest absolute Gasteiger partial charge is 0.193 e. The number of ether oxygens (including phenoxy) is 1. The Bertz CT molecular complexity index is 425. The minimum Gasteiger partial charge on any atom is -0.491 e. The topological polar surface area (TPSA) is 59.6 Å². The van der Waals surface area contributed by atoms with Crippen molar-refractivity contribution in [3.8, 4) is 5.75 Å². The summed E-state index contributed by atoms with van der Waals surface area (Å²) >= 11 is 0. The molecule has 98 valence electrons. The first-order chi connectivity index (χ1) is 8.54. The van der Waals surface area contributed by atoms with Crippen LogP contribution in [-0.4, -0.2) is 18.1 Å². The highest BCUT2D eigenvalue weighted by atomic mass is 16.5. The minimum absolute atomic E-state index is 0.187. The van der Waals surface area contributed by atoms with Crippen LogP contribution in [0.1, 0.15) is 27.2 Å². The quantitative estimate of drug-likeness (QED) is 0.635. The van der Waals surface area contributed by atoms with Gasteiger partial charge in [-0.2, -0.15) is 0 Å². The van der Waals surface area contributed by atoms with E-state index in [4.69, 9.17) is 10.5 Å². The highest BCUT2D eigenvalue weighted by Gasteiger charge is 2.32. The molecule has 0 radical (unpaired) electrons. The van der Waals surface area contributed by atoms with Crippen LogP contribution in [0.4, 0.5) is 5.69 Å². The first kappa shape index (κ1) is 12.7. The summed E-state index contributed by atoms with van der Waals surface area (Å²) in [6, 6.07) is 8.14. The van der Waals surface area contributed by atoms with Crippen molar-refractivity contribution in [2.45, 2.75) is 39.3 Å². The van der Waals surface area contributed by atoms with E-state index < -0.39 is 0 Å². The molecule has 0 aromatic heterocycles. The Morgan fingerprint density at radius 1 is 1.39 bits per heavy atom. The monoisotopic (exact) mass is 247 g/mol. The van der Waals surface area contributed by atoms with Crippen molar-refractivity contribution in [2.75, 3.05) is 5.32 Å². The van der Waals surface area contributed by atoms with Gasteiger partial charge in [-0.1, -0.05) is 6.92 Å².